The molecule has 0 spiro atoms. The van der Waals surface area contributed by atoms with E-state index in [-0.39, 0.29) is 30.4 Å². The highest BCUT2D eigenvalue weighted by Gasteiger charge is 2.47. The molecule has 0 bridgehead atoms. The van der Waals surface area contributed by atoms with Crippen molar-refractivity contribution in [3.8, 4) is 0 Å². The number of aromatic nitrogens is 4. The average molecular weight is 499 g/mol. The normalized spacial score (nSPS) is 21.6. The molecule has 0 aliphatic carbocycles. The zero-order valence-electron chi connectivity index (χ0n) is 19.9. The minimum atomic E-state index is -1.36. The van der Waals surface area contributed by atoms with Crippen LogP contribution in [0.2, 0.25) is 0 Å². The molecule has 0 radical (unpaired) electrons. The Morgan fingerprint density at radius 3 is 2.44 bits per heavy atom. The third kappa shape index (κ3) is 5.45. The van der Waals surface area contributed by atoms with Crippen molar-refractivity contribution in [2.24, 2.45) is 0 Å². The molecule has 2 aromatic heterocycles. The van der Waals surface area contributed by atoms with Gasteiger partial charge in [-0.25, -0.2) is 4.98 Å². The lowest BCUT2D eigenvalue weighted by molar-refractivity contribution is -0.137. The van der Waals surface area contributed by atoms with Crippen LogP contribution < -0.4 is 11.1 Å². The predicted molar refractivity (Wildman–Crippen MR) is 130 cm³/mol. The van der Waals surface area contributed by atoms with Crippen LogP contribution in [0.5, 0.6) is 0 Å². The Morgan fingerprint density at radius 2 is 1.78 bits per heavy atom. The number of hydrogen-bond acceptors (Lipinski definition) is 10. The summed E-state index contributed by atoms with van der Waals surface area (Å²) in [5, 5.41) is 32.9. The van der Waals surface area contributed by atoms with E-state index in [1.807, 2.05) is 31.2 Å². The topological polar surface area (TPSA) is 186 Å². The number of aryl methyl sites for hydroxylation is 1. The first kappa shape index (κ1) is 25.5. The first-order valence-corrected chi connectivity index (χ1v) is 11.9. The number of Topliss-reactive ketones (excluding diaryl/α,β-unsaturated/α-hetero) is 1. The molecule has 1 saturated heterocycles. The lowest BCUT2D eigenvalue weighted by atomic mass is 10.0. The smallest absolute Gasteiger partial charge is 0.303 e. The third-order valence-corrected chi connectivity index (χ3v) is 6.12. The molecule has 4 atom stereocenters. The molecule has 1 aromatic carbocycles. The first-order chi connectivity index (χ1) is 17.3. The number of aliphatic hydroxyl groups is 2. The van der Waals surface area contributed by atoms with Crippen LogP contribution in [0.4, 0.5) is 11.8 Å². The molecule has 12 heteroatoms. The maximum atomic E-state index is 12.3. The minimum absolute atomic E-state index is 0.0936. The fourth-order valence-corrected chi connectivity index (χ4v) is 4.19. The van der Waals surface area contributed by atoms with E-state index in [0.717, 1.165) is 11.1 Å². The van der Waals surface area contributed by atoms with Crippen LogP contribution >= 0.6 is 0 Å². The second-order valence-electron chi connectivity index (χ2n) is 8.79. The van der Waals surface area contributed by atoms with Crippen LogP contribution in [-0.4, -0.2) is 71.4 Å². The Kier molecular flexibility index (Phi) is 7.77. The van der Waals surface area contributed by atoms with Gasteiger partial charge in [0, 0.05) is 19.4 Å². The molecule has 192 valence electrons. The van der Waals surface area contributed by atoms with Gasteiger partial charge in [-0.05, 0) is 30.4 Å². The Labute approximate surface area is 207 Å². The van der Waals surface area contributed by atoms with E-state index in [2.05, 4.69) is 20.3 Å². The summed E-state index contributed by atoms with van der Waals surface area (Å²) in [7, 11) is 0. The second kappa shape index (κ2) is 11.0. The molecule has 0 amide bonds. The number of carbonyl (C=O) groups excluding carboxylic acids is 1. The van der Waals surface area contributed by atoms with E-state index in [4.69, 9.17) is 15.6 Å². The first-order valence-electron chi connectivity index (χ1n) is 11.9. The van der Waals surface area contributed by atoms with Crippen molar-refractivity contribution in [3.05, 3.63) is 41.7 Å². The number of benzene rings is 1. The summed E-state index contributed by atoms with van der Waals surface area (Å²) in [6.45, 7) is 2.35. The molecular weight excluding hydrogens is 468 g/mol. The molecule has 1 aliphatic rings. The fourth-order valence-electron chi connectivity index (χ4n) is 4.19. The molecule has 1 fully saturated rings. The molecule has 12 nitrogen and oxygen atoms in total. The van der Waals surface area contributed by atoms with Crippen LogP contribution in [0.1, 0.15) is 43.5 Å². The van der Waals surface area contributed by atoms with Crippen LogP contribution in [0, 0.1) is 0 Å². The Balaban J connectivity index is 1.45. The van der Waals surface area contributed by atoms with Gasteiger partial charge in [0.05, 0.1) is 6.33 Å². The van der Waals surface area contributed by atoms with Crippen LogP contribution in [0.25, 0.3) is 11.2 Å². The van der Waals surface area contributed by atoms with Gasteiger partial charge in [0.2, 0.25) is 5.95 Å². The van der Waals surface area contributed by atoms with Crippen LogP contribution in [-0.2, 0) is 27.2 Å². The van der Waals surface area contributed by atoms with Gasteiger partial charge >= 0.3 is 5.97 Å². The number of anilines is 2. The van der Waals surface area contributed by atoms with Gasteiger partial charge in [-0.2, -0.15) is 9.97 Å². The van der Waals surface area contributed by atoms with Crippen molar-refractivity contribution in [3.63, 3.8) is 0 Å². The number of ether oxygens (including phenoxy) is 1. The number of ketones is 1. The highest BCUT2D eigenvalue weighted by molar-refractivity contribution is 5.84. The van der Waals surface area contributed by atoms with Crippen molar-refractivity contribution in [2.75, 3.05) is 17.6 Å². The van der Waals surface area contributed by atoms with Crippen molar-refractivity contribution in [1.29, 1.82) is 0 Å². The monoisotopic (exact) mass is 498 g/mol. The summed E-state index contributed by atoms with van der Waals surface area (Å²) in [5.41, 5.74) is 8.71. The zero-order chi connectivity index (χ0) is 25.8. The van der Waals surface area contributed by atoms with Crippen molar-refractivity contribution < 1.29 is 29.6 Å². The van der Waals surface area contributed by atoms with Gasteiger partial charge in [0.15, 0.2) is 23.5 Å². The number of nitrogens with zero attached hydrogens (tertiary/aromatic N) is 4. The molecule has 6 N–H and O–H groups in total. The molecular formula is C24H30N6O6. The lowest BCUT2D eigenvalue weighted by Gasteiger charge is -2.16. The lowest BCUT2D eigenvalue weighted by Crippen LogP contribution is -2.35. The Hall–Kier alpha value is -3.61. The number of nitrogens with two attached hydrogens (primary N) is 1. The van der Waals surface area contributed by atoms with E-state index in [1.54, 1.807) is 0 Å². The van der Waals surface area contributed by atoms with Gasteiger partial charge in [-0.15, -0.1) is 0 Å². The van der Waals surface area contributed by atoms with Crippen molar-refractivity contribution >= 4 is 34.7 Å². The summed E-state index contributed by atoms with van der Waals surface area (Å²) in [6, 6.07) is 7.73. The van der Waals surface area contributed by atoms with Gasteiger partial charge in [0.25, 0.3) is 0 Å². The maximum absolute atomic E-state index is 12.3. The van der Waals surface area contributed by atoms with Crippen LogP contribution in [0.3, 0.4) is 0 Å². The largest absolute Gasteiger partial charge is 0.481 e. The zero-order valence-corrected chi connectivity index (χ0v) is 19.9. The predicted octanol–water partition coefficient (Wildman–Crippen LogP) is 1.07. The molecule has 1 aliphatic heterocycles. The SMILES string of the molecule is CCCC(=O)[C@H]1O[C@@H](n2cnc3c(N)nc(NCCc4ccc(CCC(=O)O)cc4)nc32)C(O)[C@H]1O. The number of carboxylic acid groups (broad SMARTS) is 1. The summed E-state index contributed by atoms with van der Waals surface area (Å²) in [5.74, 6) is -0.708. The Morgan fingerprint density at radius 1 is 1.08 bits per heavy atom. The number of aliphatic hydroxyl groups excluding tert-OH is 2. The standard InChI is InChI=1S/C24H30N6O6/c1-2-3-15(31)20-18(34)19(35)23(36-20)30-12-27-17-21(25)28-24(29-22(17)30)26-11-10-14-6-4-13(5-7-14)8-9-16(32)33/h4-7,12,18-20,23,34-35H,2-3,8-11H2,1H3,(H,32,33)(H3,25,26,28,29)/t18-,19?,20-,23-/m1/s1. The molecule has 1 unspecified atom stereocenters. The number of imidazole rings is 1. The number of aliphatic carboxylic acids is 1. The van der Waals surface area contributed by atoms with Crippen LogP contribution in [0.15, 0.2) is 30.6 Å². The average Bonchev–Trinajstić information content (AvgIpc) is 3.40. The number of hydrogen-bond donors (Lipinski definition) is 5. The number of carbonyl (C=O) groups is 2. The summed E-state index contributed by atoms with van der Waals surface area (Å²) < 4.78 is 7.18. The van der Waals surface area contributed by atoms with Crippen molar-refractivity contribution in [1.82, 2.24) is 19.5 Å². The number of nitrogen functional groups attached to an aromatic ring is 1. The molecule has 0 saturated carbocycles. The maximum Gasteiger partial charge on any atom is 0.303 e. The summed E-state index contributed by atoms with van der Waals surface area (Å²) in [6.07, 6.45) is -1.43. The van der Waals surface area contributed by atoms with E-state index < -0.39 is 30.5 Å². The number of fused-ring (bicyclic) bond motifs is 1. The highest BCUT2D eigenvalue weighted by atomic mass is 16.6. The second-order valence-corrected chi connectivity index (χ2v) is 8.79. The molecule has 4 rings (SSSR count). The molecule has 36 heavy (non-hydrogen) atoms. The van der Waals surface area contributed by atoms with E-state index in [9.17, 15) is 19.8 Å². The van der Waals surface area contributed by atoms with E-state index in [1.165, 1.54) is 10.9 Å². The summed E-state index contributed by atoms with van der Waals surface area (Å²) in [4.78, 5) is 36.0. The summed E-state index contributed by atoms with van der Waals surface area (Å²) >= 11 is 0. The number of nitrogens with one attached hydrogen (secondary N) is 1. The number of carboxylic acids is 1. The van der Waals surface area contributed by atoms with E-state index >= 15 is 0 Å². The van der Waals surface area contributed by atoms with Gasteiger partial charge in [0.1, 0.15) is 23.8 Å². The van der Waals surface area contributed by atoms with Gasteiger partial charge in [-0.3, -0.25) is 14.2 Å². The quantitative estimate of drug-likeness (QED) is 0.254. The van der Waals surface area contributed by atoms with Gasteiger partial charge < -0.3 is 31.1 Å². The highest BCUT2D eigenvalue weighted by Crippen LogP contribution is 2.33. The molecule has 3 aromatic rings. The van der Waals surface area contributed by atoms with Crippen molar-refractivity contribution in [2.45, 2.75) is 63.6 Å². The molecule has 3 heterocycles. The fraction of sp³-hybridized carbons (Fsp3) is 0.458. The Bertz CT molecular complexity index is 1230. The minimum Gasteiger partial charge on any atom is -0.481 e. The van der Waals surface area contributed by atoms with Gasteiger partial charge in [-0.1, -0.05) is 31.2 Å². The van der Waals surface area contributed by atoms with E-state index in [0.29, 0.717) is 37.0 Å². The number of rotatable bonds is 11. The third-order valence-electron chi connectivity index (χ3n) is 6.12.